The molecule has 2 atom stereocenters. The van der Waals surface area contributed by atoms with Gasteiger partial charge in [0.05, 0.1) is 5.56 Å². The Balaban J connectivity index is 2.08. The molecule has 1 amide bonds. The van der Waals surface area contributed by atoms with Crippen molar-refractivity contribution in [2.45, 2.75) is 44.8 Å². The van der Waals surface area contributed by atoms with Crippen molar-refractivity contribution < 1.29 is 18.0 Å². The molecule has 3 rings (SSSR count). The molecular formula is C23H25F3N2O. The number of para-hydroxylation sites is 1. The largest absolute Gasteiger partial charge is 0.416 e. The number of hydrogen-bond donors (Lipinski definition) is 1. The molecule has 0 saturated carbocycles. The summed E-state index contributed by atoms with van der Waals surface area (Å²) in [5.74, 6) is -0.651. The number of benzene rings is 2. The third kappa shape index (κ3) is 4.63. The molecule has 0 aliphatic heterocycles. The standard InChI is InChI=1S/C23H25F3N2O/c1-4-15(2)27-22(29)13-19(16-8-7-9-17(12-16)23(24,25)26)20-14-28(3)21-11-6-5-10-18(20)21/h5-12,14-15,19H,4,13H2,1-3H3,(H,27,29)/t15-,19-/m1/s1. The maximum Gasteiger partial charge on any atom is 0.416 e. The Morgan fingerprint density at radius 1 is 1.14 bits per heavy atom. The zero-order valence-corrected chi connectivity index (χ0v) is 16.8. The fourth-order valence-electron chi connectivity index (χ4n) is 3.61. The van der Waals surface area contributed by atoms with Crippen molar-refractivity contribution in [3.05, 3.63) is 71.4 Å². The third-order valence-electron chi connectivity index (χ3n) is 5.33. The van der Waals surface area contributed by atoms with Crippen LogP contribution in [-0.2, 0) is 18.0 Å². The van der Waals surface area contributed by atoms with Crippen molar-refractivity contribution in [1.82, 2.24) is 9.88 Å². The van der Waals surface area contributed by atoms with E-state index in [2.05, 4.69) is 5.32 Å². The average molecular weight is 402 g/mol. The monoisotopic (exact) mass is 402 g/mol. The fourth-order valence-corrected chi connectivity index (χ4v) is 3.61. The molecule has 0 fully saturated rings. The van der Waals surface area contributed by atoms with Gasteiger partial charge in [-0.05, 0) is 36.6 Å². The maximum atomic E-state index is 13.3. The van der Waals surface area contributed by atoms with Crippen LogP contribution in [-0.4, -0.2) is 16.5 Å². The summed E-state index contributed by atoms with van der Waals surface area (Å²) >= 11 is 0. The quantitative estimate of drug-likeness (QED) is 0.569. The number of fused-ring (bicyclic) bond motifs is 1. The van der Waals surface area contributed by atoms with E-state index in [1.54, 1.807) is 6.07 Å². The van der Waals surface area contributed by atoms with Crippen molar-refractivity contribution in [3.63, 3.8) is 0 Å². The summed E-state index contributed by atoms with van der Waals surface area (Å²) in [6.45, 7) is 3.88. The Labute approximate surface area is 168 Å². The van der Waals surface area contributed by atoms with E-state index < -0.39 is 17.7 Å². The molecule has 3 nitrogen and oxygen atoms in total. The molecule has 1 heterocycles. The van der Waals surface area contributed by atoms with Gasteiger partial charge in [0.25, 0.3) is 0 Å². The van der Waals surface area contributed by atoms with E-state index in [0.717, 1.165) is 35.0 Å². The molecule has 6 heteroatoms. The highest BCUT2D eigenvalue weighted by Gasteiger charge is 2.32. The zero-order valence-electron chi connectivity index (χ0n) is 16.8. The predicted octanol–water partition coefficient (Wildman–Crippen LogP) is 5.63. The van der Waals surface area contributed by atoms with Crippen molar-refractivity contribution in [2.75, 3.05) is 0 Å². The second-order valence-electron chi connectivity index (χ2n) is 7.47. The molecule has 0 unspecified atom stereocenters. The lowest BCUT2D eigenvalue weighted by Gasteiger charge is -2.20. The number of rotatable bonds is 6. The predicted molar refractivity (Wildman–Crippen MR) is 109 cm³/mol. The minimum Gasteiger partial charge on any atom is -0.354 e. The minimum atomic E-state index is -4.43. The first kappa shape index (κ1) is 21.0. The van der Waals surface area contributed by atoms with Gasteiger partial charge in [0.2, 0.25) is 5.91 Å². The normalized spacial score (nSPS) is 14.0. The number of aryl methyl sites for hydroxylation is 1. The van der Waals surface area contributed by atoms with E-state index in [0.29, 0.717) is 5.56 Å². The number of carbonyl (C=O) groups is 1. The fraction of sp³-hybridized carbons (Fsp3) is 0.348. The van der Waals surface area contributed by atoms with Gasteiger partial charge < -0.3 is 9.88 Å². The zero-order chi connectivity index (χ0) is 21.2. The van der Waals surface area contributed by atoms with Crippen LogP contribution in [0.1, 0.15) is 49.3 Å². The van der Waals surface area contributed by atoms with Crippen LogP contribution < -0.4 is 5.32 Å². The molecular weight excluding hydrogens is 377 g/mol. The maximum absolute atomic E-state index is 13.3. The van der Waals surface area contributed by atoms with Crippen LogP contribution in [0.4, 0.5) is 13.2 Å². The second kappa shape index (κ2) is 8.31. The van der Waals surface area contributed by atoms with Crippen LogP contribution >= 0.6 is 0 Å². The summed E-state index contributed by atoms with van der Waals surface area (Å²) in [7, 11) is 1.90. The van der Waals surface area contributed by atoms with Crippen LogP contribution in [0.2, 0.25) is 0 Å². The topological polar surface area (TPSA) is 34.0 Å². The minimum absolute atomic E-state index is 0.0113. The first-order valence-corrected chi connectivity index (χ1v) is 9.71. The number of halogens is 3. The number of alkyl halides is 3. The lowest BCUT2D eigenvalue weighted by molar-refractivity contribution is -0.137. The Morgan fingerprint density at radius 2 is 1.86 bits per heavy atom. The summed E-state index contributed by atoms with van der Waals surface area (Å²) in [5, 5.41) is 3.87. The van der Waals surface area contributed by atoms with Gasteiger partial charge in [-0.25, -0.2) is 0 Å². The summed E-state index contributed by atoms with van der Waals surface area (Å²) in [5.41, 5.74) is 1.60. The summed E-state index contributed by atoms with van der Waals surface area (Å²) < 4.78 is 41.8. The van der Waals surface area contributed by atoms with E-state index in [4.69, 9.17) is 0 Å². The Morgan fingerprint density at radius 3 is 2.55 bits per heavy atom. The Bertz CT molecular complexity index is 1010. The first-order chi connectivity index (χ1) is 13.7. The Kier molecular flexibility index (Phi) is 6.01. The number of aromatic nitrogens is 1. The van der Waals surface area contributed by atoms with Gasteiger partial charge in [0.15, 0.2) is 0 Å². The highest BCUT2D eigenvalue weighted by atomic mass is 19.4. The highest BCUT2D eigenvalue weighted by molar-refractivity contribution is 5.86. The van der Waals surface area contributed by atoms with E-state index in [9.17, 15) is 18.0 Å². The number of nitrogens with zero attached hydrogens (tertiary/aromatic N) is 1. The molecule has 29 heavy (non-hydrogen) atoms. The van der Waals surface area contributed by atoms with Crippen molar-refractivity contribution in [1.29, 1.82) is 0 Å². The lowest BCUT2D eigenvalue weighted by atomic mass is 9.87. The van der Waals surface area contributed by atoms with Crippen LogP contribution in [0.5, 0.6) is 0 Å². The van der Waals surface area contributed by atoms with Gasteiger partial charge in [0.1, 0.15) is 0 Å². The number of nitrogens with one attached hydrogen (secondary N) is 1. The van der Waals surface area contributed by atoms with Crippen molar-refractivity contribution in [3.8, 4) is 0 Å². The van der Waals surface area contributed by atoms with Gasteiger partial charge in [-0.15, -0.1) is 0 Å². The Hall–Kier alpha value is -2.76. The highest BCUT2D eigenvalue weighted by Crippen LogP contribution is 2.37. The van der Waals surface area contributed by atoms with Gasteiger partial charge in [0, 0.05) is 42.5 Å². The molecule has 0 radical (unpaired) electrons. The van der Waals surface area contributed by atoms with Crippen molar-refractivity contribution >= 4 is 16.8 Å². The van der Waals surface area contributed by atoms with Gasteiger partial charge in [-0.3, -0.25) is 4.79 Å². The molecule has 0 bridgehead atoms. The second-order valence-corrected chi connectivity index (χ2v) is 7.47. The molecule has 0 spiro atoms. The van der Waals surface area contributed by atoms with Crippen molar-refractivity contribution in [2.24, 2.45) is 7.05 Å². The van der Waals surface area contributed by atoms with Gasteiger partial charge in [-0.1, -0.05) is 43.3 Å². The van der Waals surface area contributed by atoms with E-state index in [1.807, 2.05) is 55.9 Å². The molecule has 1 aromatic heterocycles. The molecule has 2 aromatic carbocycles. The van der Waals surface area contributed by atoms with Crippen LogP contribution in [0.25, 0.3) is 10.9 Å². The first-order valence-electron chi connectivity index (χ1n) is 9.71. The lowest BCUT2D eigenvalue weighted by Crippen LogP contribution is -2.33. The number of amides is 1. The van der Waals surface area contributed by atoms with E-state index in [1.165, 1.54) is 6.07 Å². The molecule has 0 aliphatic carbocycles. The van der Waals surface area contributed by atoms with E-state index >= 15 is 0 Å². The van der Waals surface area contributed by atoms with Crippen LogP contribution in [0, 0.1) is 0 Å². The van der Waals surface area contributed by atoms with Crippen LogP contribution in [0.15, 0.2) is 54.7 Å². The number of hydrogen-bond acceptors (Lipinski definition) is 1. The molecule has 1 N–H and O–H groups in total. The SMILES string of the molecule is CC[C@@H](C)NC(=O)C[C@H](c1cccc(C(F)(F)F)c1)c1cn(C)c2ccccc12. The average Bonchev–Trinajstić information content (AvgIpc) is 3.02. The van der Waals surface area contributed by atoms with Gasteiger partial charge in [-0.2, -0.15) is 13.2 Å². The number of carbonyl (C=O) groups excluding carboxylic acids is 1. The van der Waals surface area contributed by atoms with E-state index in [-0.39, 0.29) is 18.4 Å². The molecule has 3 aromatic rings. The van der Waals surface area contributed by atoms with Crippen LogP contribution in [0.3, 0.4) is 0 Å². The summed E-state index contributed by atoms with van der Waals surface area (Å²) in [6, 6.07) is 13.0. The smallest absolute Gasteiger partial charge is 0.354 e. The molecule has 0 saturated heterocycles. The molecule has 0 aliphatic rings. The van der Waals surface area contributed by atoms with Gasteiger partial charge >= 0.3 is 6.18 Å². The molecule has 154 valence electrons. The third-order valence-corrected chi connectivity index (χ3v) is 5.33. The summed E-state index contributed by atoms with van der Waals surface area (Å²) in [6.07, 6.45) is -1.65. The summed E-state index contributed by atoms with van der Waals surface area (Å²) in [4.78, 5) is 12.7.